The summed E-state index contributed by atoms with van der Waals surface area (Å²) >= 11 is 3.42. The molecule has 0 aliphatic rings. The van der Waals surface area contributed by atoms with Crippen molar-refractivity contribution in [2.45, 2.75) is 19.3 Å². The lowest BCUT2D eigenvalue weighted by Crippen LogP contribution is -2.09. The van der Waals surface area contributed by atoms with Gasteiger partial charge < -0.3 is 0 Å². The molecule has 0 N–H and O–H groups in total. The number of rotatable bonds is 7. The van der Waals surface area contributed by atoms with Gasteiger partial charge in [-0.05, 0) is 30.2 Å². The van der Waals surface area contributed by atoms with Gasteiger partial charge >= 0.3 is 0 Å². The van der Waals surface area contributed by atoms with E-state index in [1.54, 1.807) is 0 Å². The molecule has 0 heterocycles. The van der Waals surface area contributed by atoms with Crippen LogP contribution in [0, 0.1) is 10.1 Å². The third-order valence-electron chi connectivity index (χ3n) is 3.39. The molecule has 0 atom stereocenters. The van der Waals surface area contributed by atoms with E-state index in [9.17, 15) is 19.7 Å². The molecule has 0 unspecified atom stereocenters. The first kappa shape index (κ1) is 17.0. The van der Waals surface area contributed by atoms with Gasteiger partial charge in [-0.3, -0.25) is 19.7 Å². The van der Waals surface area contributed by atoms with Crippen LogP contribution in [-0.4, -0.2) is 16.5 Å². The maximum atomic E-state index is 12.0. The molecule has 0 aliphatic carbocycles. The first-order valence-corrected chi connectivity index (χ1v) is 7.79. The summed E-state index contributed by atoms with van der Waals surface area (Å²) in [4.78, 5) is 34.0. The van der Waals surface area contributed by atoms with Gasteiger partial charge in [0.2, 0.25) is 0 Å². The van der Waals surface area contributed by atoms with Crippen molar-refractivity contribution in [2.75, 3.05) is 0 Å². The van der Waals surface area contributed by atoms with Crippen LogP contribution in [0.3, 0.4) is 0 Å². The number of hydrogen-bond donors (Lipinski definition) is 0. The van der Waals surface area contributed by atoms with Gasteiger partial charge in [-0.25, -0.2) is 0 Å². The topological polar surface area (TPSA) is 77.3 Å². The van der Waals surface area contributed by atoms with Gasteiger partial charge in [0, 0.05) is 28.6 Å². The summed E-state index contributed by atoms with van der Waals surface area (Å²) in [5.74, 6) is -0.471. The van der Waals surface area contributed by atoms with Crippen LogP contribution in [0.25, 0.3) is 0 Å². The van der Waals surface area contributed by atoms with Crippen LogP contribution >= 0.6 is 15.9 Å². The van der Waals surface area contributed by atoms with Gasteiger partial charge in [0.1, 0.15) is 5.78 Å². The Balaban J connectivity index is 1.91. The Morgan fingerprint density at radius 2 is 1.70 bits per heavy atom. The van der Waals surface area contributed by atoms with Gasteiger partial charge in [0.15, 0.2) is 5.78 Å². The molecule has 0 saturated carbocycles. The highest BCUT2D eigenvalue weighted by atomic mass is 79.9. The van der Waals surface area contributed by atoms with E-state index < -0.39 is 4.92 Å². The summed E-state index contributed by atoms with van der Waals surface area (Å²) in [6, 6.07) is 12.9. The summed E-state index contributed by atoms with van der Waals surface area (Å²) in [6.45, 7) is 0. The quantitative estimate of drug-likeness (QED) is 0.315. The van der Waals surface area contributed by atoms with Crippen LogP contribution in [0.5, 0.6) is 0 Å². The molecule has 6 heteroatoms. The SMILES string of the molecule is O=C(CCc1ccccc1Br)CC(=O)c1ccc([N+](=O)[O-])cc1. The van der Waals surface area contributed by atoms with Gasteiger partial charge in [-0.1, -0.05) is 34.1 Å². The zero-order valence-corrected chi connectivity index (χ0v) is 13.8. The van der Waals surface area contributed by atoms with Crippen molar-refractivity contribution < 1.29 is 14.5 Å². The number of Topliss-reactive ketones (excluding diaryl/α,β-unsaturated/α-hetero) is 2. The Labute approximate surface area is 141 Å². The summed E-state index contributed by atoms with van der Waals surface area (Å²) in [7, 11) is 0. The van der Waals surface area contributed by atoms with Crippen molar-refractivity contribution in [2.24, 2.45) is 0 Å². The van der Waals surface area contributed by atoms with Gasteiger partial charge in [-0.15, -0.1) is 0 Å². The Morgan fingerprint density at radius 3 is 2.30 bits per heavy atom. The van der Waals surface area contributed by atoms with Crippen LogP contribution in [0.2, 0.25) is 0 Å². The fourth-order valence-electron chi connectivity index (χ4n) is 2.11. The Morgan fingerprint density at radius 1 is 1.04 bits per heavy atom. The maximum Gasteiger partial charge on any atom is 0.269 e. The average molecular weight is 376 g/mol. The number of carbonyl (C=O) groups is 2. The number of nitro groups is 1. The van der Waals surface area contributed by atoms with E-state index in [1.165, 1.54) is 24.3 Å². The number of ketones is 2. The molecule has 0 amide bonds. The molecule has 118 valence electrons. The van der Waals surface area contributed by atoms with E-state index in [2.05, 4.69) is 15.9 Å². The molecule has 0 aliphatic heterocycles. The molecule has 0 saturated heterocycles. The van der Waals surface area contributed by atoms with Crippen molar-refractivity contribution in [3.8, 4) is 0 Å². The molecule has 2 aromatic rings. The van der Waals surface area contributed by atoms with Crippen LogP contribution < -0.4 is 0 Å². The van der Waals surface area contributed by atoms with E-state index in [1.807, 2.05) is 24.3 Å². The molecule has 0 spiro atoms. The number of benzene rings is 2. The second kappa shape index (κ2) is 7.78. The van der Waals surface area contributed by atoms with Crippen molar-refractivity contribution >= 4 is 33.2 Å². The number of carbonyl (C=O) groups excluding carboxylic acids is 2. The molecule has 0 bridgehead atoms. The summed E-state index contributed by atoms with van der Waals surface area (Å²) < 4.78 is 0.939. The minimum Gasteiger partial charge on any atom is -0.299 e. The molecule has 0 fully saturated rings. The molecular weight excluding hydrogens is 362 g/mol. The third-order valence-corrected chi connectivity index (χ3v) is 4.16. The number of hydrogen-bond acceptors (Lipinski definition) is 4. The Hall–Kier alpha value is -2.34. The fraction of sp³-hybridized carbons (Fsp3) is 0.176. The first-order chi connectivity index (χ1) is 11.0. The first-order valence-electron chi connectivity index (χ1n) is 7.00. The summed E-state index contributed by atoms with van der Waals surface area (Å²) in [5.41, 5.74) is 1.25. The van der Waals surface area contributed by atoms with Crippen LogP contribution in [0.1, 0.15) is 28.8 Å². The molecular formula is C17H14BrNO4. The van der Waals surface area contributed by atoms with Crippen molar-refractivity contribution in [1.29, 1.82) is 0 Å². The highest BCUT2D eigenvalue weighted by Crippen LogP contribution is 2.18. The summed E-state index contributed by atoms with van der Waals surface area (Å²) in [6.07, 6.45) is 0.650. The maximum absolute atomic E-state index is 12.0. The fourth-order valence-corrected chi connectivity index (χ4v) is 2.60. The average Bonchev–Trinajstić information content (AvgIpc) is 2.54. The van der Waals surface area contributed by atoms with E-state index >= 15 is 0 Å². The lowest BCUT2D eigenvalue weighted by atomic mass is 10.0. The van der Waals surface area contributed by atoms with E-state index in [0.29, 0.717) is 12.0 Å². The van der Waals surface area contributed by atoms with Crippen LogP contribution in [0.4, 0.5) is 5.69 Å². The number of non-ortho nitro benzene ring substituents is 1. The zero-order chi connectivity index (χ0) is 16.8. The van der Waals surface area contributed by atoms with Gasteiger partial charge in [0.25, 0.3) is 5.69 Å². The number of nitrogens with zero attached hydrogens (tertiary/aromatic N) is 1. The lowest BCUT2D eigenvalue weighted by Gasteiger charge is -2.04. The summed E-state index contributed by atoms with van der Waals surface area (Å²) in [5, 5.41) is 10.6. The van der Waals surface area contributed by atoms with E-state index in [4.69, 9.17) is 0 Å². The predicted octanol–water partition coefficient (Wildman–Crippen LogP) is 4.13. The lowest BCUT2D eigenvalue weighted by molar-refractivity contribution is -0.384. The largest absolute Gasteiger partial charge is 0.299 e. The number of halogens is 1. The normalized spacial score (nSPS) is 10.3. The van der Waals surface area contributed by atoms with Gasteiger partial charge in [0.05, 0.1) is 11.3 Å². The minimum atomic E-state index is -0.531. The monoisotopic (exact) mass is 375 g/mol. The smallest absolute Gasteiger partial charge is 0.269 e. The standard InChI is InChI=1S/C17H14BrNO4/c18-16-4-2-1-3-12(16)7-10-15(20)11-17(21)13-5-8-14(9-6-13)19(22)23/h1-6,8-9H,7,10-11H2. The molecule has 2 aromatic carbocycles. The molecule has 0 radical (unpaired) electrons. The van der Waals surface area contributed by atoms with Crippen molar-refractivity contribution in [1.82, 2.24) is 0 Å². The van der Waals surface area contributed by atoms with Crippen LogP contribution in [0.15, 0.2) is 53.0 Å². The van der Waals surface area contributed by atoms with E-state index in [-0.39, 0.29) is 30.1 Å². The molecule has 23 heavy (non-hydrogen) atoms. The highest BCUT2D eigenvalue weighted by Gasteiger charge is 2.14. The Kier molecular flexibility index (Phi) is 5.76. The minimum absolute atomic E-state index is 0.0817. The van der Waals surface area contributed by atoms with Crippen molar-refractivity contribution in [3.63, 3.8) is 0 Å². The number of aryl methyl sites for hydroxylation is 1. The highest BCUT2D eigenvalue weighted by molar-refractivity contribution is 9.10. The van der Waals surface area contributed by atoms with Crippen molar-refractivity contribution in [3.05, 3.63) is 74.2 Å². The van der Waals surface area contributed by atoms with E-state index in [0.717, 1.165) is 10.0 Å². The number of nitro benzene ring substituents is 1. The molecule has 2 rings (SSSR count). The second-order valence-corrected chi connectivity index (χ2v) is 5.89. The van der Waals surface area contributed by atoms with Crippen LogP contribution in [-0.2, 0) is 11.2 Å². The molecule has 0 aromatic heterocycles. The van der Waals surface area contributed by atoms with Gasteiger partial charge in [-0.2, -0.15) is 0 Å². The molecule has 5 nitrogen and oxygen atoms in total. The second-order valence-electron chi connectivity index (χ2n) is 5.03. The predicted molar refractivity (Wildman–Crippen MR) is 89.5 cm³/mol. The third kappa shape index (κ3) is 4.82. The Bertz CT molecular complexity index is 741. The zero-order valence-electron chi connectivity index (χ0n) is 12.2.